The monoisotopic (exact) mass is 394 g/mol. The van der Waals surface area contributed by atoms with Crippen LogP contribution in [0.15, 0.2) is 41.3 Å². The van der Waals surface area contributed by atoms with Crippen LogP contribution in [-0.2, 0) is 10.0 Å². The summed E-state index contributed by atoms with van der Waals surface area (Å²) in [6.07, 6.45) is 0. The summed E-state index contributed by atoms with van der Waals surface area (Å²) in [5.74, 6) is -0.393. The second kappa shape index (κ2) is 7.39. The van der Waals surface area contributed by atoms with Gasteiger partial charge in [0.05, 0.1) is 4.90 Å². The molecule has 0 heterocycles. The number of nitrogens with one attached hydrogen (secondary N) is 2. The van der Waals surface area contributed by atoms with E-state index in [-0.39, 0.29) is 4.90 Å². The Morgan fingerprint density at radius 2 is 1.62 bits per heavy atom. The molecule has 0 fully saturated rings. The standard InChI is InChI=1S/C19H23ClN2O3S/c1-12-7-9-15(26(24,25)22-19(3,4)5)11-16(12)18(23)21-14-8-6-13(2)17(20)10-14/h6-11,22H,1-5H3,(H,21,23). The molecule has 2 N–H and O–H groups in total. The van der Waals surface area contributed by atoms with E-state index in [4.69, 9.17) is 11.6 Å². The van der Waals surface area contributed by atoms with Crippen LogP contribution < -0.4 is 10.0 Å². The number of hydrogen-bond acceptors (Lipinski definition) is 3. The first-order valence-electron chi connectivity index (χ1n) is 8.11. The van der Waals surface area contributed by atoms with Gasteiger partial charge >= 0.3 is 0 Å². The molecule has 1 amide bonds. The number of carbonyl (C=O) groups excluding carboxylic acids is 1. The van der Waals surface area contributed by atoms with Crippen molar-refractivity contribution in [3.63, 3.8) is 0 Å². The van der Waals surface area contributed by atoms with Gasteiger partial charge in [0.15, 0.2) is 0 Å². The lowest BCUT2D eigenvalue weighted by atomic mass is 10.1. The van der Waals surface area contributed by atoms with Crippen molar-refractivity contribution in [3.8, 4) is 0 Å². The first-order valence-corrected chi connectivity index (χ1v) is 9.97. The molecule has 2 aromatic carbocycles. The van der Waals surface area contributed by atoms with Crippen molar-refractivity contribution in [2.45, 2.75) is 45.1 Å². The number of carbonyl (C=O) groups is 1. The highest BCUT2D eigenvalue weighted by atomic mass is 35.5. The van der Waals surface area contributed by atoms with E-state index in [2.05, 4.69) is 10.0 Å². The van der Waals surface area contributed by atoms with Gasteiger partial charge in [-0.3, -0.25) is 4.79 Å². The van der Waals surface area contributed by atoms with Gasteiger partial charge in [0, 0.05) is 21.8 Å². The highest BCUT2D eigenvalue weighted by molar-refractivity contribution is 7.89. The molecule has 0 aromatic heterocycles. The molecule has 26 heavy (non-hydrogen) atoms. The lowest BCUT2D eigenvalue weighted by Gasteiger charge is -2.20. The predicted octanol–water partition coefficient (Wildman–Crippen LogP) is 4.29. The highest BCUT2D eigenvalue weighted by Gasteiger charge is 2.23. The van der Waals surface area contributed by atoms with E-state index in [1.807, 2.05) is 6.92 Å². The minimum absolute atomic E-state index is 0.0464. The Kier molecular flexibility index (Phi) is 5.80. The average Bonchev–Trinajstić information content (AvgIpc) is 2.48. The van der Waals surface area contributed by atoms with Crippen molar-refractivity contribution >= 4 is 33.2 Å². The number of amides is 1. The molecular formula is C19H23ClN2O3S. The Labute approximate surface area is 159 Å². The summed E-state index contributed by atoms with van der Waals surface area (Å²) < 4.78 is 27.6. The number of anilines is 1. The topological polar surface area (TPSA) is 75.3 Å². The van der Waals surface area contributed by atoms with Crippen LogP contribution in [-0.4, -0.2) is 19.9 Å². The van der Waals surface area contributed by atoms with Gasteiger partial charge in [0.2, 0.25) is 10.0 Å². The first kappa shape index (κ1) is 20.4. The third-order valence-corrected chi connectivity index (χ3v) is 5.80. The number of benzene rings is 2. The molecule has 0 aliphatic carbocycles. The van der Waals surface area contributed by atoms with Crippen molar-refractivity contribution in [1.82, 2.24) is 4.72 Å². The molecule has 5 nitrogen and oxygen atoms in total. The van der Waals surface area contributed by atoms with Crippen molar-refractivity contribution in [2.24, 2.45) is 0 Å². The Morgan fingerprint density at radius 1 is 1.00 bits per heavy atom. The lowest BCUT2D eigenvalue weighted by Crippen LogP contribution is -2.40. The van der Waals surface area contributed by atoms with Gasteiger partial charge in [0.1, 0.15) is 0 Å². The van der Waals surface area contributed by atoms with Gasteiger partial charge < -0.3 is 5.32 Å². The minimum Gasteiger partial charge on any atom is -0.322 e. The number of halogens is 1. The third kappa shape index (κ3) is 5.06. The fourth-order valence-electron chi connectivity index (χ4n) is 2.34. The normalized spacial score (nSPS) is 12.1. The van der Waals surface area contributed by atoms with Crippen LogP contribution in [0.25, 0.3) is 0 Å². The Hall–Kier alpha value is -1.89. The Morgan fingerprint density at radius 3 is 2.19 bits per heavy atom. The van der Waals surface area contributed by atoms with Crippen molar-refractivity contribution in [1.29, 1.82) is 0 Å². The average molecular weight is 395 g/mol. The van der Waals surface area contributed by atoms with E-state index in [1.165, 1.54) is 12.1 Å². The fourth-order valence-corrected chi connectivity index (χ4v) is 3.97. The highest BCUT2D eigenvalue weighted by Crippen LogP contribution is 2.22. The van der Waals surface area contributed by atoms with E-state index in [0.29, 0.717) is 21.8 Å². The first-order chi connectivity index (χ1) is 11.9. The van der Waals surface area contributed by atoms with Crippen molar-refractivity contribution in [2.75, 3.05) is 5.32 Å². The van der Waals surface area contributed by atoms with Gasteiger partial charge in [-0.05, 0) is 70.0 Å². The fraction of sp³-hybridized carbons (Fsp3) is 0.316. The Balaban J connectivity index is 2.34. The summed E-state index contributed by atoms with van der Waals surface area (Å²) in [6.45, 7) is 8.90. The Bertz CT molecular complexity index is 948. The number of rotatable bonds is 4. The zero-order valence-corrected chi connectivity index (χ0v) is 17.0. The van der Waals surface area contributed by atoms with Crippen molar-refractivity contribution < 1.29 is 13.2 Å². The van der Waals surface area contributed by atoms with Gasteiger partial charge in [-0.2, -0.15) is 0 Å². The summed E-state index contributed by atoms with van der Waals surface area (Å²) in [6, 6.07) is 9.70. The van der Waals surface area contributed by atoms with Crippen LogP contribution in [0.2, 0.25) is 5.02 Å². The van der Waals surface area contributed by atoms with Crippen LogP contribution >= 0.6 is 11.6 Å². The molecular weight excluding hydrogens is 372 g/mol. The zero-order chi connectivity index (χ0) is 19.7. The molecule has 0 unspecified atom stereocenters. The molecule has 140 valence electrons. The van der Waals surface area contributed by atoms with Crippen LogP contribution in [0.1, 0.15) is 42.3 Å². The molecule has 0 aliphatic heterocycles. The second-order valence-corrected chi connectivity index (χ2v) is 9.34. The molecule has 0 radical (unpaired) electrons. The zero-order valence-electron chi connectivity index (χ0n) is 15.5. The maximum atomic E-state index is 12.6. The molecule has 2 rings (SSSR count). The third-order valence-electron chi connectivity index (χ3n) is 3.63. The van der Waals surface area contributed by atoms with Gasteiger partial charge in [0.25, 0.3) is 5.91 Å². The quantitative estimate of drug-likeness (QED) is 0.812. The summed E-state index contributed by atoms with van der Waals surface area (Å²) in [7, 11) is -3.73. The van der Waals surface area contributed by atoms with Gasteiger partial charge in [-0.15, -0.1) is 0 Å². The van der Waals surface area contributed by atoms with Gasteiger partial charge in [-0.1, -0.05) is 23.7 Å². The molecule has 0 spiro atoms. The largest absolute Gasteiger partial charge is 0.322 e. The van der Waals surface area contributed by atoms with Crippen LogP contribution in [0.5, 0.6) is 0 Å². The number of sulfonamides is 1. The predicted molar refractivity (Wildman–Crippen MR) is 105 cm³/mol. The van der Waals surface area contributed by atoms with E-state index in [0.717, 1.165) is 5.56 Å². The van der Waals surface area contributed by atoms with Crippen LogP contribution in [0, 0.1) is 13.8 Å². The molecule has 7 heteroatoms. The summed E-state index contributed by atoms with van der Waals surface area (Å²) in [5, 5.41) is 3.30. The van der Waals surface area contributed by atoms with Gasteiger partial charge in [-0.25, -0.2) is 13.1 Å². The van der Waals surface area contributed by atoms with E-state index >= 15 is 0 Å². The van der Waals surface area contributed by atoms with E-state index < -0.39 is 21.5 Å². The summed E-state index contributed by atoms with van der Waals surface area (Å²) >= 11 is 6.08. The lowest BCUT2D eigenvalue weighted by molar-refractivity contribution is 0.102. The molecule has 2 aromatic rings. The minimum atomic E-state index is -3.73. The molecule has 0 bridgehead atoms. The van der Waals surface area contributed by atoms with E-state index in [9.17, 15) is 13.2 Å². The molecule has 0 atom stereocenters. The number of hydrogen-bond donors (Lipinski definition) is 2. The maximum Gasteiger partial charge on any atom is 0.255 e. The van der Waals surface area contributed by atoms with Crippen molar-refractivity contribution in [3.05, 3.63) is 58.1 Å². The number of aryl methyl sites for hydroxylation is 2. The maximum absolute atomic E-state index is 12.6. The SMILES string of the molecule is Cc1ccc(NC(=O)c2cc(S(=O)(=O)NC(C)(C)C)ccc2C)cc1Cl. The van der Waals surface area contributed by atoms with E-state index in [1.54, 1.807) is 52.0 Å². The summed E-state index contributed by atoms with van der Waals surface area (Å²) in [5.41, 5.74) is 1.80. The van der Waals surface area contributed by atoms with Crippen LogP contribution in [0.3, 0.4) is 0 Å². The smallest absolute Gasteiger partial charge is 0.255 e. The molecule has 0 aliphatic rings. The van der Waals surface area contributed by atoms with Crippen LogP contribution in [0.4, 0.5) is 5.69 Å². The molecule has 0 saturated heterocycles. The molecule has 0 saturated carbocycles. The second-order valence-electron chi connectivity index (χ2n) is 7.25. The summed E-state index contributed by atoms with van der Waals surface area (Å²) in [4.78, 5) is 12.7.